The molecule has 0 spiro atoms. The summed E-state index contributed by atoms with van der Waals surface area (Å²) in [6.45, 7) is 3.34. The minimum atomic E-state index is -0.635. The van der Waals surface area contributed by atoms with E-state index in [0.29, 0.717) is 31.9 Å². The fourth-order valence-electron chi connectivity index (χ4n) is 2.01. The van der Waals surface area contributed by atoms with Crippen LogP contribution in [0.2, 0.25) is 0 Å². The number of rotatable bonds is 9. The molecule has 1 aromatic rings. The van der Waals surface area contributed by atoms with Crippen LogP contribution in [0.3, 0.4) is 0 Å². The minimum absolute atomic E-state index is 0.329. The molecule has 0 saturated heterocycles. The Morgan fingerprint density at radius 3 is 2.65 bits per heavy atom. The molecule has 0 aromatic heterocycles. The van der Waals surface area contributed by atoms with Gasteiger partial charge in [-0.3, -0.25) is 0 Å². The smallest absolute Gasteiger partial charge is 0.124 e. The third kappa shape index (κ3) is 5.46. The van der Waals surface area contributed by atoms with Gasteiger partial charge in [0.15, 0.2) is 0 Å². The quantitative estimate of drug-likeness (QED) is 0.590. The van der Waals surface area contributed by atoms with E-state index in [1.807, 2.05) is 25.1 Å². The van der Waals surface area contributed by atoms with Gasteiger partial charge in [0.25, 0.3) is 0 Å². The summed E-state index contributed by atoms with van der Waals surface area (Å²) in [6, 6.07) is 5.73. The topological polar surface area (TPSA) is 71.0 Å². The van der Waals surface area contributed by atoms with Crippen LogP contribution in [-0.4, -0.2) is 50.2 Å². The molecule has 3 N–H and O–H groups in total. The van der Waals surface area contributed by atoms with Gasteiger partial charge in [-0.25, -0.2) is 0 Å². The molecule has 0 fully saturated rings. The lowest BCUT2D eigenvalue weighted by molar-refractivity contribution is 0.0586. The highest BCUT2D eigenvalue weighted by molar-refractivity contribution is 5.38. The highest BCUT2D eigenvalue weighted by Crippen LogP contribution is 2.25. The minimum Gasteiger partial charge on any atom is -0.496 e. The van der Waals surface area contributed by atoms with Gasteiger partial charge in [0, 0.05) is 19.2 Å². The van der Waals surface area contributed by atoms with Crippen molar-refractivity contribution in [1.29, 1.82) is 0 Å². The molecule has 1 rings (SSSR count). The van der Waals surface area contributed by atoms with Gasteiger partial charge in [0.05, 0.1) is 25.9 Å². The number of hydrogen-bond donors (Lipinski definition) is 3. The Morgan fingerprint density at radius 2 is 2.00 bits per heavy atom. The zero-order valence-electron chi connectivity index (χ0n) is 12.4. The Morgan fingerprint density at radius 1 is 1.25 bits per heavy atom. The van der Waals surface area contributed by atoms with E-state index in [4.69, 9.17) is 9.47 Å². The fourth-order valence-corrected chi connectivity index (χ4v) is 2.01. The maximum atomic E-state index is 10.2. The Kier molecular flexibility index (Phi) is 7.54. The molecule has 0 radical (unpaired) electrons. The Hall–Kier alpha value is -1.14. The van der Waals surface area contributed by atoms with E-state index in [-0.39, 0.29) is 0 Å². The van der Waals surface area contributed by atoms with E-state index in [2.05, 4.69) is 5.32 Å². The number of aliphatic hydroxyl groups excluding tert-OH is 2. The second kappa shape index (κ2) is 8.92. The fraction of sp³-hybridized carbons (Fsp3) is 0.600. The molecule has 2 unspecified atom stereocenters. The number of hydrogen-bond acceptors (Lipinski definition) is 5. The highest BCUT2D eigenvalue weighted by Gasteiger charge is 2.13. The van der Waals surface area contributed by atoms with Crippen LogP contribution in [0.4, 0.5) is 0 Å². The molecule has 2 atom stereocenters. The Labute approximate surface area is 120 Å². The zero-order chi connectivity index (χ0) is 15.0. The second-order valence-electron chi connectivity index (χ2n) is 4.86. The van der Waals surface area contributed by atoms with Crippen LogP contribution in [-0.2, 0) is 4.74 Å². The van der Waals surface area contributed by atoms with Crippen LogP contribution in [0.1, 0.15) is 23.7 Å². The van der Waals surface area contributed by atoms with Crippen LogP contribution in [0.5, 0.6) is 5.75 Å². The summed E-state index contributed by atoms with van der Waals surface area (Å²) in [7, 11) is 3.15. The highest BCUT2D eigenvalue weighted by atomic mass is 16.5. The molecule has 20 heavy (non-hydrogen) atoms. The zero-order valence-corrected chi connectivity index (χ0v) is 12.4. The van der Waals surface area contributed by atoms with E-state index in [0.717, 1.165) is 11.1 Å². The van der Waals surface area contributed by atoms with Crippen molar-refractivity contribution in [1.82, 2.24) is 5.32 Å². The number of aliphatic hydroxyl groups is 2. The van der Waals surface area contributed by atoms with Crippen molar-refractivity contribution in [3.05, 3.63) is 29.3 Å². The SMILES string of the molecule is COCC(O)CCNCC(O)c1cc(C)ccc1OC. The lowest BCUT2D eigenvalue weighted by atomic mass is 10.1. The molecular weight excluding hydrogens is 258 g/mol. The maximum absolute atomic E-state index is 10.2. The van der Waals surface area contributed by atoms with Crippen LogP contribution in [0.25, 0.3) is 0 Å². The van der Waals surface area contributed by atoms with Crippen LogP contribution in [0.15, 0.2) is 18.2 Å². The van der Waals surface area contributed by atoms with Gasteiger partial charge >= 0.3 is 0 Å². The summed E-state index contributed by atoms with van der Waals surface area (Å²) < 4.78 is 10.1. The van der Waals surface area contributed by atoms with E-state index in [1.54, 1.807) is 14.2 Å². The lowest BCUT2D eigenvalue weighted by Gasteiger charge is -2.17. The summed E-state index contributed by atoms with van der Waals surface area (Å²) in [5, 5.41) is 22.8. The van der Waals surface area contributed by atoms with Gasteiger partial charge in [0.1, 0.15) is 5.75 Å². The number of aryl methyl sites for hydroxylation is 1. The summed E-state index contributed by atoms with van der Waals surface area (Å²) >= 11 is 0. The first kappa shape index (κ1) is 16.9. The first-order valence-electron chi connectivity index (χ1n) is 6.78. The third-order valence-corrected chi connectivity index (χ3v) is 3.10. The van der Waals surface area contributed by atoms with E-state index >= 15 is 0 Å². The summed E-state index contributed by atoms with van der Waals surface area (Å²) in [4.78, 5) is 0. The van der Waals surface area contributed by atoms with E-state index < -0.39 is 12.2 Å². The standard InChI is InChI=1S/C15H25NO4/c1-11-4-5-15(20-3)13(8-11)14(18)9-16-7-6-12(17)10-19-2/h4-5,8,12,14,16-18H,6-7,9-10H2,1-3H3. The molecule has 114 valence electrons. The molecule has 0 aliphatic rings. The molecule has 0 aliphatic heterocycles. The molecule has 0 aliphatic carbocycles. The number of nitrogens with one attached hydrogen (secondary N) is 1. The van der Waals surface area contributed by atoms with Crippen LogP contribution in [0, 0.1) is 6.92 Å². The molecule has 0 bridgehead atoms. The van der Waals surface area contributed by atoms with Crippen molar-refractivity contribution < 1.29 is 19.7 Å². The number of benzene rings is 1. The van der Waals surface area contributed by atoms with Crippen molar-refractivity contribution in [3.63, 3.8) is 0 Å². The molecule has 5 nitrogen and oxygen atoms in total. The molecule has 0 amide bonds. The van der Waals surface area contributed by atoms with Crippen LogP contribution >= 0.6 is 0 Å². The third-order valence-electron chi connectivity index (χ3n) is 3.10. The molecule has 0 saturated carbocycles. The van der Waals surface area contributed by atoms with Crippen molar-refractivity contribution in [2.75, 3.05) is 33.9 Å². The molecule has 5 heteroatoms. The van der Waals surface area contributed by atoms with Gasteiger partial charge in [0.2, 0.25) is 0 Å². The monoisotopic (exact) mass is 283 g/mol. The van der Waals surface area contributed by atoms with E-state index in [9.17, 15) is 10.2 Å². The molecule has 1 aromatic carbocycles. The number of methoxy groups -OCH3 is 2. The Bertz CT molecular complexity index is 397. The number of ether oxygens (including phenoxy) is 2. The Balaban J connectivity index is 2.43. The predicted molar refractivity (Wildman–Crippen MR) is 78.1 cm³/mol. The normalized spacial score (nSPS) is 14.1. The first-order valence-corrected chi connectivity index (χ1v) is 6.78. The second-order valence-corrected chi connectivity index (χ2v) is 4.86. The maximum Gasteiger partial charge on any atom is 0.124 e. The van der Waals surface area contributed by atoms with Crippen LogP contribution < -0.4 is 10.1 Å². The summed E-state index contributed by atoms with van der Waals surface area (Å²) in [5.74, 6) is 0.685. The largest absolute Gasteiger partial charge is 0.496 e. The molecular formula is C15H25NO4. The van der Waals surface area contributed by atoms with Gasteiger partial charge < -0.3 is 25.0 Å². The van der Waals surface area contributed by atoms with Crippen molar-refractivity contribution in [3.8, 4) is 5.75 Å². The van der Waals surface area contributed by atoms with Crippen molar-refractivity contribution in [2.45, 2.75) is 25.6 Å². The summed E-state index contributed by atoms with van der Waals surface area (Å²) in [6.07, 6.45) is -0.520. The van der Waals surface area contributed by atoms with Gasteiger partial charge in [-0.15, -0.1) is 0 Å². The average molecular weight is 283 g/mol. The summed E-state index contributed by atoms with van der Waals surface area (Å²) in [5.41, 5.74) is 1.85. The lowest BCUT2D eigenvalue weighted by Crippen LogP contribution is -2.27. The van der Waals surface area contributed by atoms with E-state index in [1.165, 1.54) is 0 Å². The van der Waals surface area contributed by atoms with Gasteiger partial charge in [-0.2, -0.15) is 0 Å². The van der Waals surface area contributed by atoms with Crippen molar-refractivity contribution in [2.24, 2.45) is 0 Å². The first-order chi connectivity index (χ1) is 9.58. The predicted octanol–water partition coefficient (Wildman–Crippen LogP) is 1.02. The molecule has 0 heterocycles. The average Bonchev–Trinajstić information content (AvgIpc) is 2.43. The van der Waals surface area contributed by atoms with Crippen molar-refractivity contribution >= 4 is 0 Å². The van der Waals surface area contributed by atoms with Gasteiger partial charge in [-0.1, -0.05) is 11.6 Å². The van der Waals surface area contributed by atoms with Gasteiger partial charge in [-0.05, 0) is 32.0 Å².